The number of nitrogens with two attached hydrogens (primary N) is 2. The Morgan fingerprint density at radius 1 is 0.882 bits per heavy atom. The summed E-state index contributed by atoms with van der Waals surface area (Å²) in [6, 6.07) is -4.97. The highest BCUT2D eigenvalue weighted by Crippen LogP contribution is 2.04. The van der Waals surface area contributed by atoms with Gasteiger partial charge < -0.3 is 42.5 Å². The molecule has 0 saturated carbocycles. The fourth-order valence-electron chi connectivity index (χ4n) is 2.90. The molecule has 0 bridgehead atoms. The number of carboxylic acid groups (broad SMARTS) is 1. The average Bonchev–Trinajstić information content (AvgIpc) is 3.45. The molecule has 10 N–H and O–H groups in total. The van der Waals surface area contributed by atoms with Crippen molar-refractivity contribution in [3.63, 3.8) is 0 Å². The molecule has 4 amide bonds. The molecule has 2 rings (SSSR count). The van der Waals surface area contributed by atoms with Crippen molar-refractivity contribution in [3.05, 3.63) is 36.4 Å². The zero-order valence-corrected chi connectivity index (χ0v) is 18.3. The molecule has 0 aliphatic heterocycles. The third-order valence-corrected chi connectivity index (χ3v) is 4.66. The third-order valence-electron chi connectivity index (χ3n) is 4.66. The van der Waals surface area contributed by atoms with Crippen LogP contribution >= 0.6 is 0 Å². The molecular weight excluding hydrogens is 450 g/mol. The number of rotatable bonds is 13. The van der Waals surface area contributed by atoms with Gasteiger partial charge in [0.25, 0.3) is 0 Å². The van der Waals surface area contributed by atoms with Gasteiger partial charge in [-0.15, -0.1) is 0 Å². The van der Waals surface area contributed by atoms with E-state index in [1.54, 1.807) is 0 Å². The summed E-state index contributed by atoms with van der Waals surface area (Å²) < 4.78 is 0. The molecule has 0 aliphatic rings. The molecule has 15 heteroatoms. The fourth-order valence-corrected chi connectivity index (χ4v) is 2.90. The maximum absolute atomic E-state index is 12.9. The number of carbonyl (C=O) groups is 5. The van der Waals surface area contributed by atoms with Crippen LogP contribution in [-0.2, 0) is 36.8 Å². The summed E-state index contributed by atoms with van der Waals surface area (Å²) in [4.78, 5) is 74.1. The molecule has 2 aromatic heterocycles. The fraction of sp³-hybridized carbons (Fsp3) is 0.421. The lowest BCUT2D eigenvalue weighted by molar-refractivity contribution is -0.142. The van der Waals surface area contributed by atoms with Crippen LogP contribution < -0.4 is 27.4 Å². The van der Waals surface area contributed by atoms with Crippen molar-refractivity contribution in [3.8, 4) is 0 Å². The zero-order valence-electron chi connectivity index (χ0n) is 18.3. The van der Waals surface area contributed by atoms with Crippen LogP contribution in [0.15, 0.2) is 25.0 Å². The topological polar surface area (TPSA) is 251 Å². The summed E-state index contributed by atoms with van der Waals surface area (Å²) in [5, 5.41) is 16.5. The number of imidazole rings is 2. The van der Waals surface area contributed by atoms with E-state index in [0.717, 1.165) is 0 Å². The second kappa shape index (κ2) is 12.1. The van der Waals surface area contributed by atoms with Gasteiger partial charge in [0.2, 0.25) is 23.6 Å². The molecule has 0 saturated heterocycles. The summed E-state index contributed by atoms with van der Waals surface area (Å²) in [6.07, 6.45) is 4.82. The number of aromatic nitrogens is 4. The van der Waals surface area contributed by atoms with Gasteiger partial charge in [-0.2, -0.15) is 0 Å². The minimum atomic E-state index is -1.50. The largest absolute Gasteiger partial charge is 0.480 e. The minimum absolute atomic E-state index is 0.0211. The molecule has 2 aromatic rings. The first-order valence-electron chi connectivity index (χ1n) is 10.2. The van der Waals surface area contributed by atoms with Crippen molar-refractivity contribution < 1.29 is 29.1 Å². The number of aliphatic carboxylic acids is 1. The lowest BCUT2D eigenvalue weighted by Gasteiger charge is -2.24. The first kappa shape index (κ1) is 26.0. The Morgan fingerprint density at radius 2 is 1.35 bits per heavy atom. The van der Waals surface area contributed by atoms with E-state index in [0.29, 0.717) is 11.4 Å². The number of primary amides is 1. The van der Waals surface area contributed by atoms with Crippen molar-refractivity contribution in [1.82, 2.24) is 35.9 Å². The first-order valence-corrected chi connectivity index (χ1v) is 10.2. The Balaban J connectivity index is 2.16. The lowest BCUT2D eigenvalue weighted by atomic mass is 10.1. The van der Waals surface area contributed by atoms with Crippen LogP contribution in [0.3, 0.4) is 0 Å². The average molecular weight is 477 g/mol. The van der Waals surface area contributed by atoms with Gasteiger partial charge in [0.05, 0.1) is 25.1 Å². The zero-order chi connectivity index (χ0) is 25.3. The summed E-state index contributed by atoms with van der Waals surface area (Å²) >= 11 is 0. The number of amides is 4. The second-order valence-corrected chi connectivity index (χ2v) is 7.54. The van der Waals surface area contributed by atoms with Gasteiger partial charge in [-0.3, -0.25) is 19.2 Å². The first-order chi connectivity index (χ1) is 16.1. The maximum atomic E-state index is 12.9. The van der Waals surface area contributed by atoms with Crippen LogP contribution in [0.4, 0.5) is 0 Å². The molecule has 2 heterocycles. The van der Waals surface area contributed by atoms with E-state index in [-0.39, 0.29) is 12.8 Å². The minimum Gasteiger partial charge on any atom is -0.480 e. The molecule has 4 unspecified atom stereocenters. The number of hydrogen-bond acceptors (Lipinski definition) is 8. The molecule has 15 nitrogen and oxygen atoms in total. The highest BCUT2D eigenvalue weighted by Gasteiger charge is 2.31. The van der Waals surface area contributed by atoms with Gasteiger partial charge in [-0.1, -0.05) is 0 Å². The monoisotopic (exact) mass is 477 g/mol. The van der Waals surface area contributed by atoms with E-state index < -0.39 is 60.2 Å². The van der Waals surface area contributed by atoms with E-state index in [1.807, 2.05) is 0 Å². The molecule has 184 valence electrons. The molecular formula is C19H27N9O6. The van der Waals surface area contributed by atoms with Crippen molar-refractivity contribution in [2.24, 2.45) is 11.5 Å². The van der Waals surface area contributed by atoms with Crippen LogP contribution in [-0.4, -0.2) is 78.8 Å². The normalized spacial score (nSPS) is 14.3. The number of H-pyrrole nitrogens is 2. The Hall–Kier alpha value is -4.27. The molecule has 0 fully saturated rings. The third kappa shape index (κ3) is 8.01. The van der Waals surface area contributed by atoms with E-state index in [2.05, 4.69) is 35.9 Å². The van der Waals surface area contributed by atoms with E-state index in [1.165, 1.54) is 32.0 Å². The Bertz CT molecular complexity index is 990. The maximum Gasteiger partial charge on any atom is 0.326 e. The standard InChI is InChI=1S/C19H27N9O6/c1-9(20)16(30)26-12(2-10-5-22-7-24-10)17(31)27-13(4-15(21)29)18(32)28-14(19(33)34)3-11-6-23-8-25-11/h5-9,12-14H,2-4,20H2,1H3,(H2,21,29)(H,22,24)(H,23,25)(H,26,30)(H,27,31)(H,28,32)(H,33,34). The molecule has 0 spiro atoms. The van der Waals surface area contributed by atoms with E-state index >= 15 is 0 Å². The number of carbonyl (C=O) groups excluding carboxylic acids is 4. The quantitative estimate of drug-likeness (QED) is 0.143. The van der Waals surface area contributed by atoms with Crippen LogP contribution in [0, 0.1) is 0 Å². The van der Waals surface area contributed by atoms with E-state index in [9.17, 15) is 29.1 Å². The number of carboxylic acids is 1. The number of aromatic amines is 2. The van der Waals surface area contributed by atoms with Crippen LogP contribution in [0.2, 0.25) is 0 Å². The number of hydrogen-bond donors (Lipinski definition) is 8. The summed E-state index contributed by atoms with van der Waals surface area (Å²) in [5.74, 6) is -4.64. The highest BCUT2D eigenvalue weighted by molar-refractivity contribution is 5.96. The molecule has 4 atom stereocenters. The van der Waals surface area contributed by atoms with Gasteiger partial charge in [0.1, 0.15) is 18.1 Å². The smallest absolute Gasteiger partial charge is 0.326 e. The van der Waals surface area contributed by atoms with Crippen molar-refractivity contribution in [2.75, 3.05) is 0 Å². The lowest BCUT2D eigenvalue weighted by Crippen LogP contribution is -2.58. The van der Waals surface area contributed by atoms with Crippen LogP contribution in [0.5, 0.6) is 0 Å². The second-order valence-electron chi connectivity index (χ2n) is 7.54. The van der Waals surface area contributed by atoms with E-state index in [4.69, 9.17) is 11.5 Å². The van der Waals surface area contributed by atoms with Gasteiger partial charge in [0.15, 0.2) is 0 Å². The summed E-state index contributed by atoms with van der Waals surface area (Å²) in [5.41, 5.74) is 11.7. The Labute approximate surface area is 193 Å². The number of nitrogens with one attached hydrogen (secondary N) is 5. The van der Waals surface area contributed by atoms with Crippen LogP contribution in [0.25, 0.3) is 0 Å². The molecule has 0 radical (unpaired) electrons. The molecule has 0 aromatic carbocycles. The Kier molecular flexibility index (Phi) is 9.25. The van der Waals surface area contributed by atoms with Crippen molar-refractivity contribution >= 4 is 29.6 Å². The Morgan fingerprint density at radius 3 is 1.79 bits per heavy atom. The van der Waals surface area contributed by atoms with Crippen molar-refractivity contribution in [2.45, 2.75) is 50.4 Å². The molecule has 0 aliphatic carbocycles. The predicted octanol–water partition coefficient (Wildman–Crippen LogP) is -3.32. The van der Waals surface area contributed by atoms with Crippen molar-refractivity contribution in [1.29, 1.82) is 0 Å². The highest BCUT2D eigenvalue weighted by atomic mass is 16.4. The van der Waals surface area contributed by atoms with Crippen LogP contribution in [0.1, 0.15) is 24.7 Å². The SMILES string of the molecule is CC(N)C(=O)NC(Cc1cnc[nH]1)C(=O)NC(CC(N)=O)C(=O)NC(Cc1cnc[nH]1)C(=O)O. The molecule has 34 heavy (non-hydrogen) atoms. The summed E-state index contributed by atoms with van der Waals surface area (Å²) in [7, 11) is 0. The van der Waals surface area contributed by atoms with Gasteiger partial charge in [-0.25, -0.2) is 14.8 Å². The van der Waals surface area contributed by atoms with Gasteiger partial charge >= 0.3 is 5.97 Å². The predicted molar refractivity (Wildman–Crippen MR) is 115 cm³/mol. The van der Waals surface area contributed by atoms with Gasteiger partial charge in [0, 0.05) is 36.6 Å². The van der Waals surface area contributed by atoms with Gasteiger partial charge in [-0.05, 0) is 6.92 Å². The summed E-state index contributed by atoms with van der Waals surface area (Å²) in [6.45, 7) is 1.43. The number of nitrogens with zero attached hydrogens (tertiary/aromatic N) is 2.